The molecule has 1 aromatic heterocycles. The van der Waals surface area contributed by atoms with E-state index in [0.717, 1.165) is 25.4 Å². The summed E-state index contributed by atoms with van der Waals surface area (Å²) in [6.45, 7) is 7.07. The average molecular weight is 224 g/mol. The third kappa shape index (κ3) is 2.29. The highest BCUT2D eigenvalue weighted by atomic mass is 16.3. The first-order valence-electron chi connectivity index (χ1n) is 5.74. The Balaban J connectivity index is 2.12. The number of rotatable bonds is 3. The van der Waals surface area contributed by atoms with E-state index in [1.54, 1.807) is 6.26 Å². The van der Waals surface area contributed by atoms with Crippen molar-refractivity contribution in [1.29, 1.82) is 0 Å². The van der Waals surface area contributed by atoms with Gasteiger partial charge < -0.3 is 14.8 Å². The molecule has 2 rings (SSSR count). The molecule has 1 saturated heterocycles. The first-order chi connectivity index (χ1) is 7.63. The van der Waals surface area contributed by atoms with Crippen LogP contribution < -0.4 is 5.32 Å². The predicted molar refractivity (Wildman–Crippen MR) is 62.1 cm³/mol. The molecule has 2 heterocycles. The number of nitrogens with one attached hydrogen (secondary N) is 1. The van der Waals surface area contributed by atoms with Crippen LogP contribution in [0.4, 0.5) is 0 Å². The van der Waals surface area contributed by atoms with Gasteiger partial charge in [-0.1, -0.05) is 0 Å². The number of nitrogens with zero attached hydrogens (tertiary/aromatic N) is 1. The fourth-order valence-corrected chi connectivity index (χ4v) is 2.33. The summed E-state index contributed by atoms with van der Waals surface area (Å²) >= 11 is 0. The minimum Gasteiger partial charge on any atom is -0.468 e. The summed E-state index contributed by atoms with van der Waals surface area (Å²) in [6, 6.07) is 4.04. The fourth-order valence-electron chi connectivity index (χ4n) is 2.33. The molecule has 0 aliphatic carbocycles. The molecule has 2 N–H and O–H groups in total. The van der Waals surface area contributed by atoms with Crippen molar-refractivity contribution in [2.45, 2.75) is 32.0 Å². The summed E-state index contributed by atoms with van der Waals surface area (Å²) in [5.41, 5.74) is 0.0401. The number of aliphatic hydroxyl groups is 1. The van der Waals surface area contributed by atoms with Gasteiger partial charge in [0.25, 0.3) is 0 Å². The van der Waals surface area contributed by atoms with Gasteiger partial charge in [-0.15, -0.1) is 0 Å². The van der Waals surface area contributed by atoms with Gasteiger partial charge in [0.05, 0.1) is 19.4 Å². The van der Waals surface area contributed by atoms with Gasteiger partial charge in [-0.05, 0) is 26.0 Å². The summed E-state index contributed by atoms with van der Waals surface area (Å²) in [7, 11) is 0. The van der Waals surface area contributed by atoms with Crippen LogP contribution in [0.3, 0.4) is 0 Å². The molecule has 0 spiro atoms. The zero-order valence-corrected chi connectivity index (χ0v) is 9.94. The zero-order valence-electron chi connectivity index (χ0n) is 9.94. The molecule has 0 aromatic carbocycles. The van der Waals surface area contributed by atoms with E-state index < -0.39 is 0 Å². The SMILES string of the molecule is CC1(C)CNCC(CO)N1Cc1ccco1. The van der Waals surface area contributed by atoms with Crippen molar-refractivity contribution in [2.75, 3.05) is 19.7 Å². The van der Waals surface area contributed by atoms with E-state index in [1.165, 1.54) is 0 Å². The largest absolute Gasteiger partial charge is 0.468 e. The minimum absolute atomic E-state index is 0.0401. The number of piperazine rings is 1. The molecular formula is C12H20N2O2. The van der Waals surface area contributed by atoms with E-state index in [1.807, 2.05) is 12.1 Å². The van der Waals surface area contributed by atoms with Gasteiger partial charge in [0, 0.05) is 24.7 Å². The van der Waals surface area contributed by atoms with E-state index in [0.29, 0.717) is 0 Å². The molecule has 1 atom stereocenters. The molecule has 16 heavy (non-hydrogen) atoms. The highest BCUT2D eigenvalue weighted by Gasteiger charge is 2.36. The Labute approximate surface area is 96.2 Å². The smallest absolute Gasteiger partial charge is 0.117 e. The van der Waals surface area contributed by atoms with E-state index in [2.05, 4.69) is 24.1 Å². The number of hydrogen-bond acceptors (Lipinski definition) is 4. The second-order valence-corrected chi connectivity index (χ2v) is 4.99. The average Bonchev–Trinajstić information content (AvgIpc) is 2.73. The van der Waals surface area contributed by atoms with Gasteiger partial charge in [-0.3, -0.25) is 4.90 Å². The monoisotopic (exact) mass is 224 g/mol. The van der Waals surface area contributed by atoms with E-state index in [-0.39, 0.29) is 18.2 Å². The van der Waals surface area contributed by atoms with Gasteiger partial charge in [0.15, 0.2) is 0 Å². The van der Waals surface area contributed by atoms with E-state index in [4.69, 9.17) is 4.42 Å². The maximum Gasteiger partial charge on any atom is 0.117 e. The predicted octanol–water partition coefficient (Wildman–Crippen LogP) is 0.824. The maximum atomic E-state index is 9.41. The lowest BCUT2D eigenvalue weighted by Gasteiger charge is -2.47. The van der Waals surface area contributed by atoms with Crippen molar-refractivity contribution >= 4 is 0 Å². The van der Waals surface area contributed by atoms with Crippen LogP contribution in [-0.4, -0.2) is 41.3 Å². The Hall–Kier alpha value is -0.840. The molecular weight excluding hydrogens is 204 g/mol. The van der Waals surface area contributed by atoms with Crippen molar-refractivity contribution in [1.82, 2.24) is 10.2 Å². The van der Waals surface area contributed by atoms with Gasteiger partial charge in [0.2, 0.25) is 0 Å². The molecule has 1 aromatic rings. The molecule has 1 aliphatic rings. The van der Waals surface area contributed by atoms with Crippen molar-refractivity contribution in [3.8, 4) is 0 Å². The lowest BCUT2D eigenvalue weighted by molar-refractivity contribution is -0.00189. The molecule has 1 unspecified atom stereocenters. The quantitative estimate of drug-likeness (QED) is 0.798. The molecule has 1 fully saturated rings. The Bertz CT molecular complexity index is 322. The van der Waals surface area contributed by atoms with Crippen LogP contribution >= 0.6 is 0 Å². The third-order valence-electron chi connectivity index (χ3n) is 3.27. The molecule has 90 valence electrons. The Morgan fingerprint density at radius 1 is 1.62 bits per heavy atom. The van der Waals surface area contributed by atoms with Crippen molar-refractivity contribution in [3.05, 3.63) is 24.2 Å². The van der Waals surface area contributed by atoms with Gasteiger partial charge in [-0.2, -0.15) is 0 Å². The second kappa shape index (κ2) is 4.57. The highest BCUT2D eigenvalue weighted by Crippen LogP contribution is 2.23. The fraction of sp³-hybridized carbons (Fsp3) is 0.667. The normalized spacial score (nSPS) is 25.8. The van der Waals surface area contributed by atoms with E-state index >= 15 is 0 Å². The molecule has 4 nitrogen and oxygen atoms in total. The Morgan fingerprint density at radius 3 is 3.06 bits per heavy atom. The van der Waals surface area contributed by atoms with Crippen molar-refractivity contribution in [2.24, 2.45) is 0 Å². The number of hydrogen-bond donors (Lipinski definition) is 2. The minimum atomic E-state index is 0.0401. The Morgan fingerprint density at radius 2 is 2.44 bits per heavy atom. The van der Waals surface area contributed by atoms with Crippen LogP contribution in [0.2, 0.25) is 0 Å². The molecule has 0 bridgehead atoms. The lowest BCUT2D eigenvalue weighted by Crippen LogP contribution is -2.63. The molecule has 0 amide bonds. The summed E-state index contributed by atoms with van der Waals surface area (Å²) in [4.78, 5) is 2.31. The molecule has 0 radical (unpaired) electrons. The van der Waals surface area contributed by atoms with Gasteiger partial charge in [0.1, 0.15) is 5.76 Å². The van der Waals surface area contributed by atoms with Crippen LogP contribution in [0.15, 0.2) is 22.8 Å². The third-order valence-corrected chi connectivity index (χ3v) is 3.27. The van der Waals surface area contributed by atoms with Crippen LogP contribution in [0.5, 0.6) is 0 Å². The summed E-state index contributed by atoms with van der Waals surface area (Å²) in [5, 5.41) is 12.8. The van der Waals surface area contributed by atoms with Crippen LogP contribution in [0.1, 0.15) is 19.6 Å². The lowest BCUT2D eigenvalue weighted by atomic mass is 9.96. The summed E-state index contributed by atoms with van der Waals surface area (Å²) < 4.78 is 5.38. The first kappa shape index (κ1) is 11.6. The van der Waals surface area contributed by atoms with Crippen LogP contribution in [0.25, 0.3) is 0 Å². The first-order valence-corrected chi connectivity index (χ1v) is 5.74. The van der Waals surface area contributed by atoms with Crippen LogP contribution in [0, 0.1) is 0 Å². The Kier molecular flexibility index (Phi) is 3.33. The van der Waals surface area contributed by atoms with Crippen molar-refractivity contribution in [3.63, 3.8) is 0 Å². The van der Waals surface area contributed by atoms with Gasteiger partial charge >= 0.3 is 0 Å². The van der Waals surface area contributed by atoms with Crippen LogP contribution in [-0.2, 0) is 6.54 Å². The summed E-state index contributed by atoms with van der Waals surface area (Å²) in [5.74, 6) is 0.952. The zero-order chi connectivity index (χ0) is 11.6. The summed E-state index contributed by atoms with van der Waals surface area (Å²) in [6.07, 6.45) is 1.69. The number of aliphatic hydroxyl groups excluding tert-OH is 1. The topological polar surface area (TPSA) is 48.6 Å². The van der Waals surface area contributed by atoms with Gasteiger partial charge in [-0.25, -0.2) is 0 Å². The molecule has 4 heteroatoms. The van der Waals surface area contributed by atoms with Crippen molar-refractivity contribution < 1.29 is 9.52 Å². The second-order valence-electron chi connectivity index (χ2n) is 4.99. The highest BCUT2D eigenvalue weighted by molar-refractivity contribution is 5.02. The number of furan rings is 1. The standard InChI is InChI=1S/C12H20N2O2/c1-12(2)9-13-6-10(8-15)14(12)7-11-4-3-5-16-11/h3-5,10,13,15H,6-9H2,1-2H3. The van der Waals surface area contributed by atoms with E-state index in [9.17, 15) is 5.11 Å². The molecule has 0 saturated carbocycles. The molecule has 1 aliphatic heterocycles. The maximum absolute atomic E-state index is 9.41.